The first-order chi connectivity index (χ1) is 9.89. The Bertz CT molecular complexity index is 352. The van der Waals surface area contributed by atoms with Crippen molar-refractivity contribution in [2.75, 3.05) is 18.9 Å². The number of unbranched alkanes of at least 4 members (excludes halogenated alkanes) is 6. The average Bonchev–Trinajstić information content (AvgIpc) is 2.41. The highest BCUT2D eigenvalue weighted by Gasteiger charge is 2.16. The van der Waals surface area contributed by atoms with Crippen molar-refractivity contribution in [2.45, 2.75) is 65.2 Å². The summed E-state index contributed by atoms with van der Waals surface area (Å²) >= 11 is 0. The zero-order chi connectivity index (χ0) is 16.1. The number of carbonyl (C=O) groups excluding carboxylic acids is 1. The molecule has 0 saturated carbocycles. The van der Waals surface area contributed by atoms with Crippen molar-refractivity contribution in [2.24, 2.45) is 0 Å². The van der Waals surface area contributed by atoms with E-state index in [1.165, 1.54) is 19.3 Å². The van der Waals surface area contributed by atoms with Crippen molar-refractivity contribution >= 4 is 13.3 Å². The van der Waals surface area contributed by atoms with E-state index in [1.54, 1.807) is 6.92 Å². The maximum atomic E-state index is 11.9. The first-order valence-corrected chi connectivity index (χ1v) is 10.1. The fourth-order valence-electron chi connectivity index (χ4n) is 2.00. The number of esters is 1. The van der Waals surface area contributed by atoms with Gasteiger partial charge in [-0.2, -0.15) is 0 Å². The summed E-state index contributed by atoms with van der Waals surface area (Å²) in [5.41, 5.74) is 0.380. The SMILES string of the molecule is C=C(C)C(=O)OCCCCP(=O)(O)CCCCCCCC. The molecule has 21 heavy (non-hydrogen) atoms. The van der Waals surface area contributed by atoms with Gasteiger partial charge < -0.3 is 9.63 Å². The normalized spacial score (nSPS) is 13.7. The third-order valence-electron chi connectivity index (χ3n) is 3.34. The molecule has 1 atom stereocenters. The van der Waals surface area contributed by atoms with Crippen LogP contribution in [0.5, 0.6) is 0 Å². The molecule has 0 aromatic carbocycles. The second kappa shape index (κ2) is 12.0. The molecular weight excluding hydrogens is 287 g/mol. The van der Waals surface area contributed by atoms with Crippen LogP contribution in [-0.2, 0) is 14.1 Å². The van der Waals surface area contributed by atoms with E-state index in [-0.39, 0.29) is 0 Å². The molecular formula is C16H31O4P. The minimum absolute atomic E-state index is 0.294. The van der Waals surface area contributed by atoms with Crippen LogP contribution < -0.4 is 0 Å². The summed E-state index contributed by atoms with van der Waals surface area (Å²) in [5, 5.41) is 0. The zero-order valence-electron chi connectivity index (χ0n) is 13.6. The predicted octanol–water partition coefficient (Wildman–Crippen LogP) is 4.52. The van der Waals surface area contributed by atoms with E-state index in [4.69, 9.17) is 4.74 Å². The molecule has 0 fully saturated rings. The molecule has 1 unspecified atom stereocenters. The molecule has 0 aromatic heterocycles. The number of carbonyl (C=O) groups is 1. The lowest BCUT2D eigenvalue weighted by Crippen LogP contribution is -2.06. The fourth-order valence-corrected chi connectivity index (χ4v) is 3.66. The van der Waals surface area contributed by atoms with Gasteiger partial charge in [0.25, 0.3) is 0 Å². The first kappa shape index (κ1) is 20.4. The smallest absolute Gasteiger partial charge is 0.333 e. The number of hydrogen-bond donors (Lipinski definition) is 1. The molecule has 5 heteroatoms. The molecule has 0 aliphatic carbocycles. The number of hydrogen-bond acceptors (Lipinski definition) is 3. The molecule has 0 aromatic rings. The van der Waals surface area contributed by atoms with Gasteiger partial charge in [-0.15, -0.1) is 0 Å². The Morgan fingerprint density at radius 3 is 2.14 bits per heavy atom. The largest absolute Gasteiger partial charge is 0.462 e. The summed E-state index contributed by atoms with van der Waals surface area (Å²) in [6.07, 6.45) is 8.71. The van der Waals surface area contributed by atoms with E-state index >= 15 is 0 Å². The van der Waals surface area contributed by atoms with Crippen LogP contribution in [0.25, 0.3) is 0 Å². The van der Waals surface area contributed by atoms with Gasteiger partial charge in [0.05, 0.1) is 6.61 Å². The first-order valence-electron chi connectivity index (χ1n) is 8.02. The maximum absolute atomic E-state index is 11.9. The lowest BCUT2D eigenvalue weighted by Gasteiger charge is -2.11. The summed E-state index contributed by atoms with van der Waals surface area (Å²) < 4.78 is 16.9. The molecule has 0 amide bonds. The van der Waals surface area contributed by atoms with E-state index in [2.05, 4.69) is 13.5 Å². The molecule has 0 radical (unpaired) electrons. The van der Waals surface area contributed by atoms with Crippen LogP contribution >= 0.6 is 7.37 Å². The molecule has 124 valence electrons. The van der Waals surface area contributed by atoms with Crippen molar-refractivity contribution in [1.82, 2.24) is 0 Å². The molecule has 0 aliphatic rings. The molecule has 4 nitrogen and oxygen atoms in total. The molecule has 0 aliphatic heterocycles. The highest BCUT2D eigenvalue weighted by molar-refractivity contribution is 7.57. The van der Waals surface area contributed by atoms with Gasteiger partial charge in [-0.3, -0.25) is 4.57 Å². The van der Waals surface area contributed by atoms with Crippen molar-refractivity contribution in [3.05, 3.63) is 12.2 Å². The number of ether oxygens (including phenoxy) is 1. The van der Waals surface area contributed by atoms with Crippen molar-refractivity contribution in [3.8, 4) is 0 Å². The summed E-state index contributed by atoms with van der Waals surface area (Å²) in [6, 6.07) is 0. The lowest BCUT2D eigenvalue weighted by molar-refractivity contribution is -0.139. The van der Waals surface area contributed by atoms with Crippen LogP contribution in [0.4, 0.5) is 0 Å². The second-order valence-electron chi connectivity index (χ2n) is 5.68. The van der Waals surface area contributed by atoms with Crippen LogP contribution in [0.2, 0.25) is 0 Å². The van der Waals surface area contributed by atoms with Gasteiger partial charge in [-0.05, 0) is 26.2 Å². The Balaban J connectivity index is 3.57. The Morgan fingerprint density at radius 2 is 1.57 bits per heavy atom. The minimum Gasteiger partial charge on any atom is -0.462 e. The fraction of sp³-hybridized carbons (Fsp3) is 0.812. The Morgan fingerprint density at radius 1 is 1.05 bits per heavy atom. The predicted molar refractivity (Wildman–Crippen MR) is 87.9 cm³/mol. The maximum Gasteiger partial charge on any atom is 0.333 e. The minimum atomic E-state index is -2.99. The monoisotopic (exact) mass is 318 g/mol. The zero-order valence-corrected chi connectivity index (χ0v) is 14.5. The third kappa shape index (κ3) is 12.8. The standard InChI is InChI=1S/C16H31O4P/c1-4-5-6-7-8-10-13-21(18,19)14-11-9-12-20-16(17)15(2)3/h2,4-14H2,1,3H3,(H,18,19). The van der Waals surface area contributed by atoms with Crippen molar-refractivity contribution in [3.63, 3.8) is 0 Å². The molecule has 0 bridgehead atoms. The average molecular weight is 318 g/mol. The van der Waals surface area contributed by atoms with Crippen molar-refractivity contribution in [1.29, 1.82) is 0 Å². The lowest BCUT2D eigenvalue weighted by atomic mass is 10.1. The second-order valence-corrected chi connectivity index (χ2v) is 8.27. The van der Waals surface area contributed by atoms with Gasteiger partial charge in [0.2, 0.25) is 7.37 Å². The molecule has 0 saturated heterocycles. The topological polar surface area (TPSA) is 63.6 Å². The van der Waals surface area contributed by atoms with Crippen LogP contribution in [0.3, 0.4) is 0 Å². The Kier molecular flexibility index (Phi) is 11.7. The summed E-state index contributed by atoms with van der Waals surface area (Å²) in [7, 11) is -2.99. The van der Waals surface area contributed by atoms with Gasteiger partial charge in [-0.25, -0.2) is 4.79 Å². The molecule has 0 rings (SSSR count). The Labute approximate surface area is 129 Å². The van der Waals surface area contributed by atoms with Crippen LogP contribution in [0.1, 0.15) is 65.2 Å². The highest BCUT2D eigenvalue weighted by atomic mass is 31.2. The van der Waals surface area contributed by atoms with Crippen LogP contribution in [0, 0.1) is 0 Å². The molecule has 0 heterocycles. The molecule has 0 spiro atoms. The summed E-state index contributed by atoms with van der Waals surface area (Å²) in [4.78, 5) is 21.0. The van der Waals surface area contributed by atoms with Gasteiger partial charge in [0.1, 0.15) is 0 Å². The van der Waals surface area contributed by atoms with Crippen LogP contribution in [-0.4, -0.2) is 29.8 Å². The summed E-state index contributed by atoms with van der Waals surface area (Å²) in [5.74, 6) is -0.394. The van der Waals surface area contributed by atoms with Gasteiger partial charge in [-0.1, -0.05) is 45.6 Å². The Hall–Kier alpha value is -0.600. The van der Waals surface area contributed by atoms with E-state index in [0.29, 0.717) is 37.3 Å². The van der Waals surface area contributed by atoms with Crippen LogP contribution in [0.15, 0.2) is 12.2 Å². The van der Waals surface area contributed by atoms with Gasteiger partial charge in [0, 0.05) is 17.9 Å². The number of rotatable bonds is 13. The van der Waals surface area contributed by atoms with Gasteiger partial charge in [0.15, 0.2) is 0 Å². The van der Waals surface area contributed by atoms with E-state index in [1.807, 2.05) is 0 Å². The van der Waals surface area contributed by atoms with E-state index < -0.39 is 13.3 Å². The van der Waals surface area contributed by atoms with E-state index in [9.17, 15) is 14.3 Å². The van der Waals surface area contributed by atoms with E-state index in [0.717, 1.165) is 19.3 Å². The quantitative estimate of drug-likeness (QED) is 0.235. The third-order valence-corrected chi connectivity index (χ3v) is 5.37. The van der Waals surface area contributed by atoms with Crippen molar-refractivity contribution < 1.29 is 19.0 Å². The highest BCUT2D eigenvalue weighted by Crippen LogP contribution is 2.42. The summed E-state index contributed by atoms with van der Waals surface area (Å²) in [6.45, 7) is 7.57. The van der Waals surface area contributed by atoms with Gasteiger partial charge >= 0.3 is 5.97 Å². The molecule has 1 N–H and O–H groups in total.